The molecule has 0 amide bonds. The van der Waals surface area contributed by atoms with Gasteiger partial charge in [-0.15, -0.1) is 11.6 Å². The summed E-state index contributed by atoms with van der Waals surface area (Å²) in [4.78, 5) is 13.5. The first-order valence-electron chi connectivity index (χ1n) is 3.74. The third-order valence-corrected chi connectivity index (χ3v) is 1.96. The number of alkyl halides is 3. The van der Waals surface area contributed by atoms with Crippen molar-refractivity contribution in [3.8, 4) is 0 Å². The van der Waals surface area contributed by atoms with E-state index in [1.165, 1.54) is 0 Å². The molecule has 7 heteroatoms. The highest BCUT2D eigenvalue weighted by atomic mass is 35.5. The zero-order chi connectivity index (χ0) is 11.6. The fourth-order valence-corrected chi connectivity index (χ4v) is 1.35. The van der Waals surface area contributed by atoms with E-state index in [-0.39, 0.29) is 5.56 Å². The zero-order valence-corrected chi connectivity index (χ0v) is 7.93. The molecule has 0 atom stereocenters. The molecule has 0 saturated heterocycles. The second-order valence-corrected chi connectivity index (χ2v) is 2.86. The highest BCUT2D eigenvalue weighted by Crippen LogP contribution is 2.25. The third-order valence-electron chi connectivity index (χ3n) is 1.70. The lowest BCUT2D eigenvalue weighted by atomic mass is 10.1. The number of pyridine rings is 1. The summed E-state index contributed by atoms with van der Waals surface area (Å²) in [7, 11) is 0. The molecule has 1 heterocycles. The summed E-state index contributed by atoms with van der Waals surface area (Å²) in [5.41, 5.74) is -1.88. The Morgan fingerprint density at radius 1 is 1.60 bits per heavy atom. The summed E-state index contributed by atoms with van der Waals surface area (Å²) in [5, 5.41) is 8.63. The Bertz CT molecular complexity index is 398. The van der Waals surface area contributed by atoms with Crippen molar-refractivity contribution in [3.63, 3.8) is 0 Å². The molecule has 0 fully saturated rings. The number of carbonyl (C=O) groups is 1. The van der Waals surface area contributed by atoms with Crippen LogP contribution in [0.25, 0.3) is 0 Å². The molecule has 0 spiro atoms. The first kappa shape index (κ1) is 11.8. The van der Waals surface area contributed by atoms with Gasteiger partial charge in [-0.2, -0.15) is 4.39 Å². The molecular formula is C8H5ClF3NO2. The minimum Gasteiger partial charge on any atom is -0.478 e. The van der Waals surface area contributed by atoms with E-state index in [2.05, 4.69) is 4.98 Å². The van der Waals surface area contributed by atoms with Gasteiger partial charge in [-0.05, 0) is 0 Å². The van der Waals surface area contributed by atoms with Crippen molar-refractivity contribution in [1.82, 2.24) is 4.98 Å². The number of halogens is 4. The molecule has 0 aliphatic carbocycles. The highest BCUT2D eigenvalue weighted by Gasteiger charge is 2.22. The zero-order valence-electron chi connectivity index (χ0n) is 7.18. The number of aromatic carboxylic acids is 1. The van der Waals surface area contributed by atoms with Crippen LogP contribution < -0.4 is 0 Å². The molecule has 0 aliphatic rings. The van der Waals surface area contributed by atoms with Crippen LogP contribution in [-0.4, -0.2) is 16.1 Å². The van der Waals surface area contributed by atoms with Crippen LogP contribution in [0.2, 0.25) is 0 Å². The van der Waals surface area contributed by atoms with Gasteiger partial charge < -0.3 is 5.11 Å². The number of aromatic nitrogens is 1. The van der Waals surface area contributed by atoms with Gasteiger partial charge in [-0.1, -0.05) is 0 Å². The molecule has 15 heavy (non-hydrogen) atoms. The maximum absolute atomic E-state index is 12.7. The third kappa shape index (κ3) is 2.38. The predicted octanol–water partition coefficient (Wildman–Crippen LogP) is 2.60. The first-order valence-corrected chi connectivity index (χ1v) is 4.27. The maximum atomic E-state index is 12.7. The Labute approximate surface area is 87.5 Å². The van der Waals surface area contributed by atoms with Gasteiger partial charge >= 0.3 is 5.97 Å². The molecule has 1 rings (SSSR count). The fourth-order valence-electron chi connectivity index (χ4n) is 1.07. The van der Waals surface area contributed by atoms with Crippen LogP contribution in [0.15, 0.2) is 6.07 Å². The lowest BCUT2D eigenvalue weighted by molar-refractivity contribution is 0.0694. The van der Waals surface area contributed by atoms with Crippen molar-refractivity contribution in [1.29, 1.82) is 0 Å². The van der Waals surface area contributed by atoms with Gasteiger partial charge in [0.2, 0.25) is 5.95 Å². The standard InChI is InChI=1S/C8H5ClF3NO2/c9-2-4-3(8(14)15)1-5(10)13-6(4)7(11)12/h1,7H,2H2,(H,14,15). The molecule has 1 aromatic rings. The van der Waals surface area contributed by atoms with E-state index in [9.17, 15) is 18.0 Å². The molecule has 3 nitrogen and oxygen atoms in total. The van der Waals surface area contributed by atoms with Crippen LogP contribution in [0.1, 0.15) is 28.0 Å². The molecule has 0 bridgehead atoms. The topological polar surface area (TPSA) is 50.2 Å². The number of rotatable bonds is 3. The second-order valence-electron chi connectivity index (χ2n) is 2.60. The Balaban J connectivity index is 3.45. The molecular weight excluding hydrogens is 235 g/mol. The van der Waals surface area contributed by atoms with Gasteiger partial charge in [0, 0.05) is 11.6 Å². The molecule has 0 aliphatic heterocycles. The van der Waals surface area contributed by atoms with Crippen LogP contribution in [0.4, 0.5) is 13.2 Å². The number of carboxylic acids is 1. The smallest absolute Gasteiger partial charge is 0.336 e. The summed E-state index contributed by atoms with van der Waals surface area (Å²) < 4.78 is 37.4. The van der Waals surface area contributed by atoms with Crippen molar-refractivity contribution in [2.24, 2.45) is 0 Å². The van der Waals surface area contributed by atoms with Gasteiger partial charge in [-0.3, -0.25) is 0 Å². The van der Waals surface area contributed by atoms with Gasteiger partial charge in [-0.25, -0.2) is 18.6 Å². The Hall–Kier alpha value is -1.30. The van der Waals surface area contributed by atoms with Crippen LogP contribution in [0.5, 0.6) is 0 Å². The molecule has 1 aromatic heterocycles. The van der Waals surface area contributed by atoms with Crippen LogP contribution in [-0.2, 0) is 5.88 Å². The fraction of sp³-hybridized carbons (Fsp3) is 0.250. The molecule has 0 radical (unpaired) electrons. The minimum atomic E-state index is -3.06. The number of hydrogen-bond donors (Lipinski definition) is 1. The highest BCUT2D eigenvalue weighted by molar-refractivity contribution is 6.17. The number of nitrogens with zero attached hydrogens (tertiary/aromatic N) is 1. The van der Waals surface area contributed by atoms with E-state index in [4.69, 9.17) is 16.7 Å². The van der Waals surface area contributed by atoms with Gasteiger partial charge in [0.25, 0.3) is 6.43 Å². The SMILES string of the molecule is O=C(O)c1cc(F)nc(C(F)F)c1CCl. The van der Waals surface area contributed by atoms with Crippen LogP contribution in [0, 0.1) is 5.95 Å². The molecule has 0 saturated carbocycles. The normalized spacial score (nSPS) is 10.7. The number of carboxylic acid groups (broad SMARTS) is 1. The second kappa shape index (κ2) is 4.48. The largest absolute Gasteiger partial charge is 0.478 e. The van der Waals surface area contributed by atoms with Crippen molar-refractivity contribution >= 4 is 17.6 Å². The molecule has 0 unspecified atom stereocenters. The van der Waals surface area contributed by atoms with Crippen molar-refractivity contribution in [2.75, 3.05) is 0 Å². The van der Waals surface area contributed by atoms with E-state index in [1.807, 2.05) is 0 Å². The van der Waals surface area contributed by atoms with Crippen molar-refractivity contribution in [3.05, 3.63) is 28.8 Å². The van der Waals surface area contributed by atoms with E-state index in [1.54, 1.807) is 0 Å². The average molecular weight is 240 g/mol. The Kier molecular flexibility index (Phi) is 3.52. The lowest BCUT2D eigenvalue weighted by Gasteiger charge is -2.08. The van der Waals surface area contributed by atoms with Crippen molar-refractivity contribution < 1.29 is 23.1 Å². The lowest BCUT2D eigenvalue weighted by Crippen LogP contribution is -2.09. The quantitative estimate of drug-likeness (QED) is 0.652. The predicted molar refractivity (Wildman–Crippen MR) is 45.7 cm³/mol. The minimum absolute atomic E-state index is 0.361. The van der Waals surface area contributed by atoms with Crippen LogP contribution >= 0.6 is 11.6 Å². The summed E-state index contributed by atoms with van der Waals surface area (Å²) in [6.07, 6.45) is -3.06. The summed E-state index contributed by atoms with van der Waals surface area (Å²) in [6.45, 7) is 0. The number of hydrogen-bond acceptors (Lipinski definition) is 2. The van der Waals surface area contributed by atoms with Gasteiger partial charge in [0.05, 0.1) is 11.4 Å². The monoisotopic (exact) mass is 239 g/mol. The van der Waals surface area contributed by atoms with Crippen molar-refractivity contribution in [2.45, 2.75) is 12.3 Å². The Morgan fingerprint density at radius 3 is 2.60 bits per heavy atom. The molecule has 82 valence electrons. The van der Waals surface area contributed by atoms with E-state index in [0.717, 1.165) is 0 Å². The maximum Gasteiger partial charge on any atom is 0.336 e. The van der Waals surface area contributed by atoms with Gasteiger partial charge in [0.15, 0.2) is 0 Å². The summed E-state index contributed by atoms with van der Waals surface area (Å²) >= 11 is 5.32. The summed E-state index contributed by atoms with van der Waals surface area (Å²) in [5.74, 6) is -3.25. The van der Waals surface area contributed by atoms with E-state index in [0.29, 0.717) is 6.07 Å². The van der Waals surface area contributed by atoms with E-state index < -0.39 is 35.5 Å². The molecule has 1 N–H and O–H groups in total. The van der Waals surface area contributed by atoms with Crippen LogP contribution in [0.3, 0.4) is 0 Å². The molecule has 0 aromatic carbocycles. The first-order chi connectivity index (χ1) is 6.97. The summed E-state index contributed by atoms with van der Waals surface area (Å²) in [6, 6.07) is 0.561. The van der Waals surface area contributed by atoms with E-state index >= 15 is 0 Å². The van der Waals surface area contributed by atoms with Gasteiger partial charge in [0.1, 0.15) is 5.69 Å². The average Bonchev–Trinajstić information content (AvgIpc) is 2.16. The Morgan fingerprint density at radius 2 is 2.20 bits per heavy atom.